The van der Waals surface area contributed by atoms with Crippen molar-refractivity contribution in [3.63, 3.8) is 0 Å². The Balaban J connectivity index is 2.17. The molecule has 0 aliphatic heterocycles. The lowest BCUT2D eigenvalue weighted by molar-refractivity contribution is -0.117. The smallest absolute Gasteiger partial charge is 0.262 e. The summed E-state index contributed by atoms with van der Waals surface area (Å²) in [7, 11) is 0. The monoisotopic (exact) mass is 312 g/mol. The molecule has 0 saturated carbocycles. The van der Waals surface area contributed by atoms with E-state index in [0.717, 1.165) is 17.7 Å². The van der Waals surface area contributed by atoms with Crippen LogP contribution in [0.1, 0.15) is 24.1 Å². The Bertz CT molecular complexity index is 779. The molecular weight excluding hydrogens is 298 g/mol. The van der Waals surface area contributed by atoms with Crippen LogP contribution in [0.5, 0.6) is 0 Å². The summed E-state index contributed by atoms with van der Waals surface area (Å²) >= 11 is 0. The fraction of sp³-hybridized carbons (Fsp3) is 0.111. The highest BCUT2D eigenvalue weighted by molar-refractivity contribution is 6.01. The molecule has 0 aliphatic carbocycles. The molecule has 0 spiro atoms. The highest BCUT2D eigenvalue weighted by atomic mass is 19.2. The lowest BCUT2D eigenvalue weighted by atomic mass is 10.1. The number of hydrogen-bond donors (Lipinski definition) is 1. The normalized spacial score (nSPS) is 12.3. The molecule has 0 radical (unpaired) electrons. The number of carbonyl (C=O) groups excluding carboxylic acids is 1. The molecule has 2 aromatic carbocycles. The van der Waals surface area contributed by atoms with Gasteiger partial charge in [0.25, 0.3) is 5.91 Å². The average Bonchev–Trinajstić information content (AvgIpc) is 2.56. The molecule has 0 unspecified atom stereocenters. The van der Waals surface area contributed by atoms with Crippen LogP contribution in [0.15, 0.2) is 54.1 Å². The number of nitrogens with zero attached hydrogens (tertiary/aromatic N) is 1. The van der Waals surface area contributed by atoms with Crippen LogP contribution in [-0.2, 0) is 4.79 Å². The molecule has 0 fully saturated rings. The third-order valence-corrected chi connectivity index (χ3v) is 3.27. The summed E-state index contributed by atoms with van der Waals surface area (Å²) in [6, 6.07) is 13.9. The van der Waals surface area contributed by atoms with Gasteiger partial charge in [-0.3, -0.25) is 4.79 Å². The minimum absolute atomic E-state index is 0.182. The summed E-state index contributed by atoms with van der Waals surface area (Å²) in [5.41, 5.74) is 0.952. The number of nitriles is 1. The number of rotatable bonds is 4. The Labute approximate surface area is 132 Å². The molecule has 3 nitrogen and oxygen atoms in total. The van der Waals surface area contributed by atoms with Crippen LogP contribution in [0, 0.1) is 23.0 Å². The van der Waals surface area contributed by atoms with E-state index >= 15 is 0 Å². The summed E-state index contributed by atoms with van der Waals surface area (Å²) in [6.45, 7) is 1.79. The second-order valence-corrected chi connectivity index (χ2v) is 4.95. The maximum atomic E-state index is 13.2. The molecule has 0 saturated heterocycles. The van der Waals surface area contributed by atoms with Crippen LogP contribution in [-0.4, -0.2) is 5.91 Å². The van der Waals surface area contributed by atoms with Gasteiger partial charge in [-0.2, -0.15) is 5.26 Å². The molecule has 23 heavy (non-hydrogen) atoms. The van der Waals surface area contributed by atoms with Gasteiger partial charge in [-0.1, -0.05) is 36.4 Å². The summed E-state index contributed by atoms with van der Waals surface area (Å²) in [4.78, 5) is 12.1. The molecule has 0 aliphatic rings. The Morgan fingerprint density at radius 3 is 2.48 bits per heavy atom. The molecule has 0 heterocycles. The third-order valence-electron chi connectivity index (χ3n) is 3.27. The van der Waals surface area contributed by atoms with E-state index in [4.69, 9.17) is 5.26 Å². The maximum absolute atomic E-state index is 13.2. The van der Waals surface area contributed by atoms with Gasteiger partial charge in [-0.15, -0.1) is 0 Å². The van der Waals surface area contributed by atoms with Crippen molar-refractivity contribution < 1.29 is 13.6 Å². The third kappa shape index (κ3) is 4.24. The largest absolute Gasteiger partial charge is 0.345 e. The van der Waals surface area contributed by atoms with Crippen molar-refractivity contribution in [2.45, 2.75) is 13.0 Å². The number of nitrogens with one attached hydrogen (secondary N) is 1. The Morgan fingerprint density at radius 1 is 1.17 bits per heavy atom. The summed E-state index contributed by atoms with van der Waals surface area (Å²) < 4.78 is 26.1. The van der Waals surface area contributed by atoms with Crippen molar-refractivity contribution >= 4 is 12.0 Å². The predicted molar refractivity (Wildman–Crippen MR) is 82.9 cm³/mol. The van der Waals surface area contributed by atoms with Crippen LogP contribution in [0.25, 0.3) is 6.08 Å². The molecule has 0 bridgehead atoms. The molecule has 0 aromatic heterocycles. The number of hydrogen-bond acceptors (Lipinski definition) is 2. The zero-order valence-electron chi connectivity index (χ0n) is 12.4. The molecule has 2 aromatic rings. The summed E-state index contributed by atoms with van der Waals surface area (Å²) in [6.07, 6.45) is 1.22. The van der Waals surface area contributed by atoms with E-state index in [0.29, 0.717) is 0 Å². The van der Waals surface area contributed by atoms with Crippen molar-refractivity contribution in [2.24, 2.45) is 0 Å². The number of halogens is 2. The van der Waals surface area contributed by atoms with Gasteiger partial charge in [0.2, 0.25) is 0 Å². The quantitative estimate of drug-likeness (QED) is 0.690. The van der Waals surface area contributed by atoms with E-state index in [9.17, 15) is 13.6 Å². The Morgan fingerprint density at radius 2 is 1.87 bits per heavy atom. The second kappa shape index (κ2) is 7.32. The first kappa shape index (κ1) is 16.4. The fourth-order valence-electron chi connectivity index (χ4n) is 2.02. The summed E-state index contributed by atoms with van der Waals surface area (Å²) in [5.74, 6) is -2.59. The zero-order valence-corrected chi connectivity index (χ0v) is 12.4. The van der Waals surface area contributed by atoms with Gasteiger partial charge in [0.15, 0.2) is 11.6 Å². The van der Waals surface area contributed by atoms with Crippen molar-refractivity contribution in [1.29, 1.82) is 5.26 Å². The Hall–Kier alpha value is -3.00. The van der Waals surface area contributed by atoms with Gasteiger partial charge in [-0.05, 0) is 36.3 Å². The zero-order chi connectivity index (χ0) is 16.8. The lowest BCUT2D eigenvalue weighted by Crippen LogP contribution is -2.27. The predicted octanol–water partition coefficient (Wildman–Crippen LogP) is 3.75. The van der Waals surface area contributed by atoms with E-state index in [1.54, 1.807) is 13.0 Å². The minimum atomic E-state index is -1.03. The van der Waals surface area contributed by atoms with Gasteiger partial charge in [-0.25, -0.2) is 8.78 Å². The number of benzene rings is 2. The van der Waals surface area contributed by atoms with E-state index < -0.39 is 17.5 Å². The first-order chi connectivity index (χ1) is 11.0. The van der Waals surface area contributed by atoms with Crippen LogP contribution < -0.4 is 5.32 Å². The fourth-order valence-corrected chi connectivity index (χ4v) is 2.02. The van der Waals surface area contributed by atoms with Gasteiger partial charge in [0.05, 0.1) is 6.04 Å². The van der Waals surface area contributed by atoms with Crippen LogP contribution in [0.4, 0.5) is 8.78 Å². The standard InChI is InChI=1S/C18H14F2N2O/c1-12(14-5-3-2-4-6-14)22-18(23)15(11-21)9-13-7-8-16(19)17(20)10-13/h2-10,12H,1H3,(H,22,23)/b15-9+/t12-/m0/s1. The highest BCUT2D eigenvalue weighted by Gasteiger charge is 2.14. The molecule has 5 heteroatoms. The van der Waals surface area contributed by atoms with Gasteiger partial charge in [0, 0.05) is 0 Å². The maximum Gasteiger partial charge on any atom is 0.262 e. The van der Waals surface area contributed by atoms with Crippen LogP contribution >= 0.6 is 0 Å². The molecule has 2 rings (SSSR count). The van der Waals surface area contributed by atoms with E-state index in [-0.39, 0.29) is 17.2 Å². The van der Waals surface area contributed by atoms with E-state index in [1.807, 2.05) is 30.3 Å². The molecule has 1 amide bonds. The van der Waals surface area contributed by atoms with Crippen LogP contribution in [0.3, 0.4) is 0 Å². The first-order valence-electron chi connectivity index (χ1n) is 6.94. The van der Waals surface area contributed by atoms with Gasteiger partial charge in [0.1, 0.15) is 11.6 Å². The van der Waals surface area contributed by atoms with Gasteiger partial charge >= 0.3 is 0 Å². The van der Waals surface area contributed by atoms with Gasteiger partial charge < -0.3 is 5.32 Å². The molecule has 116 valence electrons. The Kier molecular flexibility index (Phi) is 5.21. The SMILES string of the molecule is C[C@H](NC(=O)/C(C#N)=C/c1ccc(F)c(F)c1)c1ccccc1. The minimum Gasteiger partial charge on any atom is -0.345 e. The highest BCUT2D eigenvalue weighted by Crippen LogP contribution is 2.15. The van der Waals surface area contributed by atoms with Crippen molar-refractivity contribution in [3.05, 3.63) is 76.9 Å². The first-order valence-corrected chi connectivity index (χ1v) is 6.94. The lowest BCUT2D eigenvalue weighted by Gasteiger charge is -2.13. The van der Waals surface area contributed by atoms with E-state index in [1.165, 1.54) is 12.1 Å². The van der Waals surface area contributed by atoms with Crippen molar-refractivity contribution in [3.8, 4) is 6.07 Å². The molecule has 1 N–H and O–H groups in total. The molecule has 1 atom stereocenters. The number of amides is 1. The topological polar surface area (TPSA) is 52.9 Å². The second-order valence-electron chi connectivity index (χ2n) is 4.95. The van der Waals surface area contributed by atoms with Crippen molar-refractivity contribution in [1.82, 2.24) is 5.32 Å². The molecular formula is C18H14F2N2O. The average molecular weight is 312 g/mol. The van der Waals surface area contributed by atoms with E-state index in [2.05, 4.69) is 5.32 Å². The number of carbonyl (C=O) groups is 1. The van der Waals surface area contributed by atoms with Crippen molar-refractivity contribution in [2.75, 3.05) is 0 Å². The summed E-state index contributed by atoms with van der Waals surface area (Å²) in [5, 5.41) is 11.8. The van der Waals surface area contributed by atoms with Crippen LogP contribution in [0.2, 0.25) is 0 Å².